The second-order valence-electron chi connectivity index (χ2n) is 5.03. The molecule has 0 fully saturated rings. The van der Waals surface area contributed by atoms with Crippen molar-refractivity contribution in [2.75, 3.05) is 45.7 Å². The van der Waals surface area contributed by atoms with Gasteiger partial charge < -0.3 is 25.0 Å². The molecular weight excluding hydrogens is 274 g/mol. The Kier molecular flexibility index (Phi) is 4.99. The molecule has 21 heavy (non-hydrogen) atoms. The lowest BCUT2D eigenvalue weighted by Crippen LogP contribution is -3.06. The highest BCUT2D eigenvalue weighted by Gasteiger charge is 2.16. The minimum absolute atomic E-state index is 0.454. The van der Waals surface area contributed by atoms with Gasteiger partial charge >= 0.3 is 11.8 Å². The van der Waals surface area contributed by atoms with Crippen LogP contribution < -0.4 is 25.0 Å². The summed E-state index contributed by atoms with van der Waals surface area (Å²) >= 11 is 0. The summed E-state index contributed by atoms with van der Waals surface area (Å²) in [5.41, 5.74) is 0.498. The van der Waals surface area contributed by atoms with Crippen LogP contribution in [0.15, 0.2) is 18.2 Å². The Hall–Kier alpha value is -2.28. The van der Waals surface area contributed by atoms with Gasteiger partial charge in [0.2, 0.25) is 0 Å². The average molecular weight is 294 g/mol. The summed E-state index contributed by atoms with van der Waals surface area (Å²) in [6.45, 7) is 2.19. The van der Waals surface area contributed by atoms with Crippen molar-refractivity contribution in [2.45, 2.75) is 0 Å². The monoisotopic (exact) mass is 294 g/mol. The van der Waals surface area contributed by atoms with Crippen LogP contribution in [0.1, 0.15) is 0 Å². The van der Waals surface area contributed by atoms with Crippen molar-refractivity contribution in [2.24, 2.45) is 0 Å². The van der Waals surface area contributed by atoms with Gasteiger partial charge in [0.25, 0.3) is 0 Å². The molecule has 3 N–H and O–H groups in total. The molecule has 0 radical (unpaired) electrons. The van der Waals surface area contributed by atoms with Crippen molar-refractivity contribution < 1.29 is 24.0 Å². The third-order valence-electron chi connectivity index (χ3n) is 2.92. The highest BCUT2D eigenvalue weighted by Crippen LogP contribution is 2.32. The van der Waals surface area contributed by atoms with E-state index in [1.165, 1.54) is 4.90 Å². The van der Waals surface area contributed by atoms with Crippen LogP contribution in [-0.2, 0) is 9.59 Å². The van der Waals surface area contributed by atoms with E-state index in [4.69, 9.17) is 9.47 Å². The van der Waals surface area contributed by atoms with Crippen LogP contribution in [0.3, 0.4) is 0 Å². The SMILES string of the molecule is C[NH+](C)CCNC(=O)C(=O)Nc1ccc2c(c1)OCCO2. The smallest absolute Gasteiger partial charge is 0.313 e. The fourth-order valence-electron chi connectivity index (χ4n) is 1.82. The molecule has 2 rings (SSSR count). The molecule has 2 amide bonds. The molecule has 1 aliphatic heterocycles. The summed E-state index contributed by atoms with van der Waals surface area (Å²) in [4.78, 5) is 24.6. The van der Waals surface area contributed by atoms with E-state index in [2.05, 4.69) is 10.6 Å². The number of carbonyl (C=O) groups is 2. The molecule has 0 saturated carbocycles. The average Bonchev–Trinajstić information content (AvgIpc) is 2.46. The van der Waals surface area contributed by atoms with Gasteiger partial charge in [-0.3, -0.25) is 9.59 Å². The minimum Gasteiger partial charge on any atom is -0.486 e. The summed E-state index contributed by atoms with van der Waals surface area (Å²) in [5.74, 6) is -0.139. The van der Waals surface area contributed by atoms with Gasteiger partial charge in [0.15, 0.2) is 11.5 Å². The van der Waals surface area contributed by atoms with Crippen LogP contribution in [-0.4, -0.2) is 52.2 Å². The van der Waals surface area contributed by atoms with Crippen molar-refractivity contribution in [1.29, 1.82) is 0 Å². The van der Waals surface area contributed by atoms with Crippen LogP contribution in [0.25, 0.3) is 0 Å². The van der Waals surface area contributed by atoms with Crippen LogP contribution in [0.2, 0.25) is 0 Å². The molecule has 0 unspecified atom stereocenters. The molecule has 0 spiro atoms. The number of carbonyl (C=O) groups excluding carboxylic acids is 2. The number of hydrogen-bond acceptors (Lipinski definition) is 4. The Morgan fingerprint density at radius 1 is 1.14 bits per heavy atom. The summed E-state index contributed by atoms with van der Waals surface area (Å²) in [6, 6.07) is 5.02. The van der Waals surface area contributed by atoms with Crippen LogP contribution in [0.5, 0.6) is 11.5 Å². The zero-order valence-electron chi connectivity index (χ0n) is 12.2. The van der Waals surface area contributed by atoms with Gasteiger partial charge in [-0.2, -0.15) is 0 Å². The Morgan fingerprint density at radius 2 is 1.86 bits per heavy atom. The van der Waals surface area contributed by atoms with E-state index in [1.807, 2.05) is 14.1 Å². The molecule has 0 aromatic heterocycles. The number of amides is 2. The van der Waals surface area contributed by atoms with E-state index in [-0.39, 0.29) is 0 Å². The number of likely N-dealkylation sites (N-methyl/N-ethyl adjacent to an activating group) is 1. The van der Waals surface area contributed by atoms with Crippen LogP contribution >= 0.6 is 0 Å². The maximum Gasteiger partial charge on any atom is 0.313 e. The fraction of sp³-hybridized carbons (Fsp3) is 0.429. The molecule has 114 valence electrons. The Bertz CT molecular complexity index is 531. The van der Waals surface area contributed by atoms with Gasteiger partial charge in [0, 0.05) is 11.8 Å². The fourth-order valence-corrected chi connectivity index (χ4v) is 1.82. The number of nitrogens with one attached hydrogen (secondary N) is 3. The Labute approximate surface area is 123 Å². The molecule has 7 nitrogen and oxygen atoms in total. The number of rotatable bonds is 4. The standard InChI is InChI=1S/C14H19N3O4/c1-17(2)6-5-15-13(18)14(19)16-10-3-4-11-12(9-10)21-8-7-20-11/h3-4,9H,5-8H2,1-2H3,(H,15,18)(H,16,19)/p+1. The molecule has 0 atom stereocenters. The molecule has 1 aliphatic rings. The molecule has 0 bridgehead atoms. The van der Waals surface area contributed by atoms with Gasteiger partial charge in [-0.15, -0.1) is 0 Å². The first kappa shape index (κ1) is 15.1. The summed E-state index contributed by atoms with van der Waals surface area (Å²) < 4.78 is 10.8. The second kappa shape index (κ2) is 6.94. The minimum atomic E-state index is -0.694. The van der Waals surface area contributed by atoms with Gasteiger partial charge in [-0.25, -0.2) is 0 Å². The van der Waals surface area contributed by atoms with Crippen LogP contribution in [0, 0.1) is 0 Å². The first-order valence-corrected chi connectivity index (χ1v) is 6.84. The van der Waals surface area contributed by atoms with Gasteiger partial charge in [-0.05, 0) is 12.1 Å². The molecule has 1 aromatic rings. The number of hydrogen-bond donors (Lipinski definition) is 3. The Morgan fingerprint density at radius 3 is 2.57 bits per heavy atom. The Balaban J connectivity index is 1.88. The number of ether oxygens (including phenoxy) is 2. The normalized spacial score (nSPS) is 12.9. The molecule has 1 aromatic carbocycles. The highest BCUT2D eigenvalue weighted by molar-refractivity contribution is 6.39. The van der Waals surface area contributed by atoms with Crippen molar-refractivity contribution in [3.8, 4) is 11.5 Å². The van der Waals surface area contributed by atoms with Crippen molar-refractivity contribution in [3.63, 3.8) is 0 Å². The van der Waals surface area contributed by atoms with E-state index in [0.717, 1.165) is 6.54 Å². The zero-order valence-corrected chi connectivity index (χ0v) is 12.2. The van der Waals surface area contributed by atoms with E-state index >= 15 is 0 Å². The van der Waals surface area contributed by atoms with Crippen LogP contribution in [0.4, 0.5) is 5.69 Å². The first-order chi connectivity index (χ1) is 10.1. The lowest BCUT2D eigenvalue weighted by molar-refractivity contribution is -0.856. The summed E-state index contributed by atoms with van der Waals surface area (Å²) in [5, 5.41) is 5.11. The van der Waals surface area contributed by atoms with Gasteiger partial charge in [-0.1, -0.05) is 0 Å². The lowest BCUT2D eigenvalue weighted by atomic mass is 10.2. The van der Waals surface area contributed by atoms with Gasteiger partial charge in [0.1, 0.15) is 13.2 Å². The molecule has 7 heteroatoms. The van der Waals surface area contributed by atoms with Crippen molar-refractivity contribution in [3.05, 3.63) is 18.2 Å². The molecular formula is C14H20N3O4+. The quantitative estimate of drug-likeness (QED) is 0.600. The maximum atomic E-state index is 11.8. The summed E-state index contributed by atoms with van der Waals surface area (Å²) in [6.07, 6.45) is 0. The number of fused-ring (bicyclic) bond motifs is 1. The predicted octanol–water partition coefficient (Wildman–Crippen LogP) is -1.34. The van der Waals surface area contributed by atoms with E-state index in [9.17, 15) is 9.59 Å². The van der Waals surface area contributed by atoms with E-state index in [0.29, 0.717) is 36.9 Å². The third kappa shape index (κ3) is 4.35. The summed E-state index contributed by atoms with van der Waals surface area (Å²) in [7, 11) is 3.95. The first-order valence-electron chi connectivity index (χ1n) is 6.84. The number of quaternary nitrogens is 1. The van der Waals surface area contributed by atoms with Crippen molar-refractivity contribution >= 4 is 17.5 Å². The predicted molar refractivity (Wildman–Crippen MR) is 76.7 cm³/mol. The topological polar surface area (TPSA) is 81.1 Å². The largest absolute Gasteiger partial charge is 0.486 e. The molecule has 1 heterocycles. The molecule has 0 saturated heterocycles. The zero-order chi connectivity index (χ0) is 15.2. The van der Waals surface area contributed by atoms with E-state index < -0.39 is 11.8 Å². The maximum absolute atomic E-state index is 11.8. The lowest BCUT2D eigenvalue weighted by Gasteiger charge is -2.18. The number of anilines is 1. The van der Waals surface area contributed by atoms with Crippen molar-refractivity contribution in [1.82, 2.24) is 5.32 Å². The van der Waals surface area contributed by atoms with E-state index in [1.54, 1.807) is 18.2 Å². The number of benzene rings is 1. The molecule has 0 aliphatic carbocycles. The second-order valence-corrected chi connectivity index (χ2v) is 5.03. The van der Waals surface area contributed by atoms with Gasteiger partial charge in [0.05, 0.1) is 27.2 Å². The highest BCUT2D eigenvalue weighted by atomic mass is 16.6. The third-order valence-corrected chi connectivity index (χ3v) is 2.92.